The highest BCUT2D eigenvalue weighted by Gasteiger charge is 2.37. The molecule has 8 nitrogen and oxygen atoms in total. The van der Waals surface area contributed by atoms with Crippen molar-refractivity contribution in [1.29, 1.82) is 0 Å². The van der Waals surface area contributed by atoms with Crippen molar-refractivity contribution < 1.29 is 22.8 Å². The van der Waals surface area contributed by atoms with Gasteiger partial charge < -0.3 is 11.1 Å². The summed E-state index contributed by atoms with van der Waals surface area (Å²) in [4.78, 5) is 24.2. The molecule has 168 valence electrons. The number of hydrogen-bond acceptors (Lipinski definition) is 5. The van der Waals surface area contributed by atoms with Gasteiger partial charge in [0.1, 0.15) is 5.69 Å². The maximum atomic E-state index is 13.3. The average molecular weight is 459 g/mol. The molecule has 1 aromatic heterocycles. The maximum absolute atomic E-state index is 13.3. The predicted molar refractivity (Wildman–Crippen MR) is 109 cm³/mol. The third-order valence-electron chi connectivity index (χ3n) is 5.19. The Morgan fingerprint density at radius 3 is 2.55 bits per heavy atom. The molecular weight excluding hydrogens is 437 g/mol. The maximum Gasteiger partial charge on any atom is 0.435 e. The van der Waals surface area contributed by atoms with Crippen LogP contribution in [0.4, 0.5) is 24.5 Å². The van der Waals surface area contributed by atoms with E-state index in [0.717, 1.165) is 30.0 Å². The van der Waals surface area contributed by atoms with Gasteiger partial charge in [-0.1, -0.05) is 30.9 Å². The van der Waals surface area contributed by atoms with Crippen LogP contribution in [0.5, 0.6) is 0 Å². The summed E-state index contributed by atoms with van der Waals surface area (Å²) in [6.45, 7) is -0.0639. The lowest BCUT2D eigenvalue weighted by Gasteiger charge is -2.24. The van der Waals surface area contributed by atoms with E-state index in [-0.39, 0.29) is 34.7 Å². The van der Waals surface area contributed by atoms with Crippen LogP contribution < -0.4 is 21.9 Å². The Kier molecular flexibility index (Phi) is 6.87. The highest BCUT2D eigenvalue weighted by molar-refractivity contribution is 6.31. The monoisotopic (exact) mass is 458 g/mol. The number of carbonyl (C=O) groups is 2. The van der Waals surface area contributed by atoms with E-state index in [1.54, 1.807) is 0 Å². The number of anilines is 2. The van der Waals surface area contributed by atoms with Gasteiger partial charge in [-0.2, -0.15) is 18.3 Å². The zero-order chi connectivity index (χ0) is 22.8. The Labute approximate surface area is 181 Å². The van der Waals surface area contributed by atoms with Crippen molar-refractivity contribution in [3.05, 3.63) is 40.2 Å². The van der Waals surface area contributed by atoms with E-state index in [2.05, 4.69) is 10.4 Å². The van der Waals surface area contributed by atoms with Gasteiger partial charge >= 0.3 is 6.18 Å². The Balaban J connectivity index is 2.04. The van der Waals surface area contributed by atoms with E-state index in [1.807, 2.05) is 0 Å². The quantitative estimate of drug-likeness (QED) is 0.264. The second-order valence-corrected chi connectivity index (χ2v) is 7.72. The molecule has 1 aliphatic carbocycles. The minimum absolute atomic E-state index is 0.0519. The molecular formula is C19H22ClF3N6O2. The number of rotatable bonds is 6. The van der Waals surface area contributed by atoms with Gasteiger partial charge in [0.2, 0.25) is 6.41 Å². The van der Waals surface area contributed by atoms with Crippen LogP contribution in [0.2, 0.25) is 5.02 Å². The molecule has 0 aliphatic heterocycles. The van der Waals surface area contributed by atoms with E-state index in [1.165, 1.54) is 12.1 Å². The molecule has 1 heterocycles. The molecule has 0 spiro atoms. The zero-order valence-electron chi connectivity index (χ0n) is 16.5. The fourth-order valence-corrected chi connectivity index (χ4v) is 3.93. The molecule has 2 aromatic rings. The smallest absolute Gasteiger partial charge is 0.326 e. The van der Waals surface area contributed by atoms with Gasteiger partial charge in [-0.15, -0.1) is 0 Å². The van der Waals surface area contributed by atoms with Crippen LogP contribution in [0.3, 0.4) is 0 Å². The van der Waals surface area contributed by atoms with Gasteiger partial charge in [-0.05, 0) is 30.5 Å². The minimum Gasteiger partial charge on any atom is -0.326 e. The van der Waals surface area contributed by atoms with Crippen LogP contribution in [-0.2, 0) is 17.5 Å². The number of nitrogens with zero attached hydrogens (tertiary/aromatic N) is 3. The van der Waals surface area contributed by atoms with Crippen LogP contribution in [0.15, 0.2) is 18.2 Å². The predicted octanol–water partition coefficient (Wildman–Crippen LogP) is 3.61. The normalized spacial score (nSPS) is 15.0. The summed E-state index contributed by atoms with van der Waals surface area (Å²) in [5, 5.41) is 7.15. The standard InChI is InChI=1S/C19H22ClF3N6O2/c20-12-6-11(9-24)17(14(7-12)28(25)10-30)26-18(31)15-8-16(19(21,22)23)27-29(15)13-4-2-1-3-5-13/h6-8,10,13H,1-5,9,24-25H2,(H,26,31). The van der Waals surface area contributed by atoms with Gasteiger partial charge in [0, 0.05) is 17.6 Å². The molecule has 1 saturated carbocycles. The SMILES string of the molecule is NCc1cc(Cl)cc(N(N)C=O)c1NC(=O)c1cc(C(F)(F)F)nn1C1CCCCC1. The van der Waals surface area contributed by atoms with E-state index in [9.17, 15) is 22.8 Å². The molecule has 1 aromatic carbocycles. The number of nitrogens with two attached hydrogens (primary N) is 2. The molecule has 0 unspecified atom stereocenters. The summed E-state index contributed by atoms with van der Waals surface area (Å²) >= 11 is 6.03. The summed E-state index contributed by atoms with van der Waals surface area (Å²) in [5.41, 5.74) is 4.83. The first-order chi connectivity index (χ1) is 14.7. The molecule has 0 atom stereocenters. The summed E-state index contributed by atoms with van der Waals surface area (Å²) in [6.07, 6.45) is -0.482. The van der Waals surface area contributed by atoms with Crippen molar-refractivity contribution in [2.24, 2.45) is 11.6 Å². The summed E-state index contributed by atoms with van der Waals surface area (Å²) in [7, 11) is 0. The van der Waals surface area contributed by atoms with E-state index in [0.29, 0.717) is 29.8 Å². The number of halogens is 4. The first-order valence-corrected chi connectivity index (χ1v) is 10.0. The molecule has 0 bridgehead atoms. The largest absolute Gasteiger partial charge is 0.435 e. The number of alkyl halides is 3. The lowest BCUT2D eigenvalue weighted by atomic mass is 9.95. The van der Waals surface area contributed by atoms with E-state index in [4.69, 9.17) is 23.2 Å². The number of nitrogens with one attached hydrogen (secondary N) is 1. The Hall–Kier alpha value is -2.63. The zero-order valence-corrected chi connectivity index (χ0v) is 17.2. The third-order valence-corrected chi connectivity index (χ3v) is 5.41. The number of hydrogen-bond donors (Lipinski definition) is 3. The highest BCUT2D eigenvalue weighted by atomic mass is 35.5. The Morgan fingerprint density at radius 1 is 1.29 bits per heavy atom. The van der Waals surface area contributed by atoms with Crippen molar-refractivity contribution >= 4 is 35.3 Å². The molecule has 2 amide bonds. The van der Waals surface area contributed by atoms with Crippen molar-refractivity contribution in [3.63, 3.8) is 0 Å². The number of aromatic nitrogens is 2. The minimum atomic E-state index is -4.70. The summed E-state index contributed by atoms with van der Waals surface area (Å²) in [6, 6.07) is 3.22. The topological polar surface area (TPSA) is 119 Å². The third kappa shape index (κ3) is 5.00. The molecule has 0 saturated heterocycles. The van der Waals surface area contributed by atoms with Gasteiger partial charge in [-0.25, -0.2) is 10.9 Å². The van der Waals surface area contributed by atoms with Crippen LogP contribution >= 0.6 is 11.6 Å². The van der Waals surface area contributed by atoms with Crippen LogP contribution in [-0.4, -0.2) is 22.1 Å². The van der Waals surface area contributed by atoms with Crippen LogP contribution in [0.25, 0.3) is 0 Å². The Bertz CT molecular complexity index is 972. The number of amides is 2. The van der Waals surface area contributed by atoms with Crippen LogP contribution in [0, 0.1) is 0 Å². The van der Waals surface area contributed by atoms with Gasteiger partial charge in [0.15, 0.2) is 5.69 Å². The second kappa shape index (κ2) is 9.25. The Morgan fingerprint density at radius 2 is 1.97 bits per heavy atom. The first-order valence-electron chi connectivity index (χ1n) is 9.65. The first kappa shape index (κ1) is 23.0. The van der Waals surface area contributed by atoms with E-state index >= 15 is 0 Å². The van der Waals surface area contributed by atoms with Crippen molar-refractivity contribution in [2.45, 2.75) is 50.9 Å². The number of carbonyl (C=O) groups excluding carboxylic acids is 2. The fourth-order valence-electron chi connectivity index (χ4n) is 3.70. The number of benzene rings is 1. The second-order valence-electron chi connectivity index (χ2n) is 7.28. The van der Waals surface area contributed by atoms with E-state index < -0.39 is 17.8 Å². The highest BCUT2D eigenvalue weighted by Crippen LogP contribution is 2.35. The van der Waals surface area contributed by atoms with Crippen molar-refractivity contribution in [2.75, 3.05) is 10.3 Å². The molecule has 0 radical (unpaired) electrons. The summed E-state index contributed by atoms with van der Waals surface area (Å²) < 4.78 is 41.1. The molecule has 1 fully saturated rings. The number of hydrazine groups is 1. The lowest BCUT2D eigenvalue weighted by Crippen LogP contribution is -2.31. The average Bonchev–Trinajstić information content (AvgIpc) is 3.21. The fraction of sp³-hybridized carbons (Fsp3) is 0.421. The molecule has 31 heavy (non-hydrogen) atoms. The van der Waals surface area contributed by atoms with Gasteiger partial charge in [0.05, 0.1) is 17.4 Å². The van der Waals surface area contributed by atoms with Crippen molar-refractivity contribution in [1.82, 2.24) is 9.78 Å². The molecule has 12 heteroatoms. The van der Waals surface area contributed by atoms with Gasteiger partial charge in [-0.3, -0.25) is 14.3 Å². The molecule has 3 rings (SSSR count). The van der Waals surface area contributed by atoms with Crippen LogP contribution in [0.1, 0.15) is 59.9 Å². The lowest BCUT2D eigenvalue weighted by molar-refractivity contribution is -0.141. The molecule has 1 aliphatic rings. The molecule has 5 N–H and O–H groups in total. The van der Waals surface area contributed by atoms with Crippen molar-refractivity contribution in [3.8, 4) is 0 Å². The summed E-state index contributed by atoms with van der Waals surface area (Å²) in [5.74, 6) is 4.83. The van der Waals surface area contributed by atoms with Gasteiger partial charge in [0.25, 0.3) is 5.91 Å².